The van der Waals surface area contributed by atoms with Crippen LogP contribution in [-0.4, -0.2) is 13.4 Å². The third-order valence-corrected chi connectivity index (χ3v) is 5.22. The number of hydrogen-bond acceptors (Lipinski definition) is 6. The van der Waals surface area contributed by atoms with Crippen LogP contribution in [0.1, 0.15) is 16.7 Å². The lowest BCUT2D eigenvalue weighted by atomic mass is 9.89. The molecule has 0 saturated heterocycles. The fourth-order valence-electron chi connectivity index (χ4n) is 3.35. The second kappa shape index (κ2) is 7.85. The van der Waals surface area contributed by atoms with Gasteiger partial charge in [-0.05, 0) is 35.9 Å². The summed E-state index contributed by atoms with van der Waals surface area (Å²) >= 11 is 6.45. The molecule has 0 aromatic heterocycles. The van der Waals surface area contributed by atoms with Crippen molar-refractivity contribution in [2.24, 2.45) is 10.7 Å². The lowest BCUT2D eigenvalue weighted by molar-refractivity contribution is 0.305. The number of nitrogens with one attached hydrogen (secondary N) is 1. The second-order valence-electron chi connectivity index (χ2n) is 6.87. The number of fused-ring (bicyclic) bond motifs is 1. The number of halogens is 2. The van der Waals surface area contributed by atoms with Gasteiger partial charge in [0.25, 0.3) is 0 Å². The lowest BCUT2D eigenvalue weighted by Gasteiger charge is -2.32. The maximum Gasteiger partial charge on any atom is 0.163 e. The third-order valence-electron chi connectivity index (χ3n) is 4.92. The van der Waals surface area contributed by atoms with Gasteiger partial charge in [-0.25, -0.2) is 9.38 Å². The topological polar surface area (TPSA) is 94.9 Å². The minimum atomic E-state index is -1.19. The number of nitrogen functional groups attached to an aromatic ring is 1. The van der Waals surface area contributed by atoms with Crippen LogP contribution >= 0.6 is 11.6 Å². The fraction of sp³-hybridized carbons (Fsp3) is 0.136. The summed E-state index contributed by atoms with van der Waals surface area (Å²) in [5.41, 5.74) is 14.8. The fourth-order valence-corrected chi connectivity index (χ4v) is 3.59. The van der Waals surface area contributed by atoms with Crippen LogP contribution in [-0.2, 0) is 12.3 Å². The van der Waals surface area contributed by atoms with Gasteiger partial charge in [-0.2, -0.15) is 0 Å². The normalized spacial score (nSPS) is 17.2. The SMILES string of the molecule is COc1cc2c(cc1N)C(N)(c1ccc(OCc3cccc(F)c3)c(Cl)c1)N=CN2. The van der Waals surface area contributed by atoms with Crippen LogP contribution in [0.25, 0.3) is 0 Å². The zero-order valence-corrected chi connectivity index (χ0v) is 16.9. The molecule has 1 aliphatic heterocycles. The molecule has 0 aliphatic carbocycles. The zero-order chi connectivity index (χ0) is 21.3. The Bertz CT molecular complexity index is 1140. The van der Waals surface area contributed by atoms with Crippen LogP contribution in [0, 0.1) is 5.82 Å². The summed E-state index contributed by atoms with van der Waals surface area (Å²) in [6.07, 6.45) is 1.53. The summed E-state index contributed by atoms with van der Waals surface area (Å²) in [5, 5.41) is 3.43. The average molecular weight is 427 g/mol. The molecule has 0 radical (unpaired) electrons. The van der Waals surface area contributed by atoms with Crippen molar-refractivity contribution in [3.63, 3.8) is 0 Å². The number of nitrogens with zero attached hydrogens (tertiary/aromatic N) is 1. The molecule has 3 aromatic carbocycles. The molecule has 5 N–H and O–H groups in total. The molecule has 0 fully saturated rings. The van der Waals surface area contributed by atoms with Crippen molar-refractivity contribution in [1.29, 1.82) is 0 Å². The highest BCUT2D eigenvalue weighted by atomic mass is 35.5. The molecule has 6 nitrogen and oxygen atoms in total. The number of hydrogen-bond donors (Lipinski definition) is 3. The molecule has 1 aliphatic rings. The first kappa shape index (κ1) is 20.0. The van der Waals surface area contributed by atoms with Crippen molar-refractivity contribution in [2.75, 3.05) is 18.2 Å². The zero-order valence-electron chi connectivity index (χ0n) is 16.2. The molecule has 1 heterocycles. The van der Waals surface area contributed by atoms with Crippen molar-refractivity contribution in [1.82, 2.24) is 0 Å². The van der Waals surface area contributed by atoms with Crippen LogP contribution < -0.4 is 26.3 Å². The quantitative estimate of drug-likeness (QED) is 0.530. The van der Waals surface area contributed by atoms with Gasteiger partial charge in [-0.1, -0.05) is 29.8 Å². The molecule has 4 rings (SSSR count). The maximum atomic E-state index is 13.3. The molecule has 0 saturated carbocycles. The van der Waals surface area contributed by atoms with E-state index in [-0.39, 0.29) is 12.4 Å². The van der Waals surface area contributed by atoms with Crippen LogP contribution in [0.4, 0.5) is 15.8 Å². The van der Waals surface area contributed by atoms with Crippen molar-refractivity contribution in [3.05, 3.63) is 82.1 Å². The number of methoxy groups -OCH3 is 1. The summed E-state index contributed by atoms with van der Waals surface area (Å²) < 4.78 is 24.4. The molecule has 1 unspecified atom stereocenters. The van der Waals surface area contributed by atoms with E-state index in [0.717, 1.165) is 5.69 Å². The lowest BCUT2D eigenvalue weighted by Crippen LogP contribution is -2.39. The molecule has 0 spiro atoms. The van der Waals surface area contributed by atoms with Gasteiger partial charge in [0.1, 0.15) is 23.9 Å². The molecule has 1 atom stereocenters. The standard InChI is InChI=1S/C22H20ClFN4O2/c1-29-21-10-19-16(9-18(21)25)22(26,28-12-27-19)14-5-6-20(17(23)8-14)30-11-13-3-2-4-15(24)7-13/h2-10,12H,11,25-26H2,1H3,(H,27,28). The van der Waals surface area contributed by atoms with E-state index < -0.39 is 5.66 Å². The van der Waals surface area contributed by atoms with E-state index in [1.165, 1.54) is 18.5 Å². The molecule has 30 heavy (non-hydrogen) atoms. The van der Waals surface area contributed by atoms with Crippen LogP contribution in [0.15, 0.2) is 59.6 Å². The van der Waals surface area contributed by atoms with Crippen molar-refractivity contribution in [3.8, 4) is 11.5 Å². The molecule has 0 amide bonds. The average Bonchev–Trinajstić information content (AvgIpc) is 2.73. The molecule has 8 heteroatoms. The van der Waals surface area contributed by atoms with Crippen molar-refractivity contribution >= 4 is 29.3 Å². The van der Waals surface area contributed by atoms with Gasteiger partial charge in [0, 0.05) is 17.2 Å². The van der Waals surface area contributed by atoms with Gasteiger partial charge in [0.15, 0.2) is 5.66 Å². The Labute approximate surface area is 178 Å². The monoisotopic (exact) mass is 426 g/mol. The predicted octanol–water partition coefficient (Wildman–Crippen LogP) is 4.26. The van der Waals surface area contributed by atoms with E-state index in [2.05, 4.69) is 10.3 Å². The van der Waals surface area contributed by atoms with Crippen molar-refractivity contribution in [2.45, 2.75) is 12.3 Å². The highest BCUT2D eigenvalue weighted by Gasteiger charge is 2.34. The van der Waals surface area contributed by atoms with E-state index >= 15 is 0 Å². The number of aliphatic imine (C=N–C) groups is 1. The Morgan fingerprint density at radius 1 is 1.13 bits per heavy atom. The summed E-state index contributed by atoms with van der Waals surface area (Å²) in [5.74, 6) is 0.680. The minimum absolute atomic E-state index is 0.186. The highest BCUT2D eigenvalue weighted by molar-refractivity contribution is 6.32. The van der Waals surface area contributed by atoms with E-state index in [9.17, 15) is 4.39 Å². The van der Waals surface area contributed by atoms with Gasteiger partial charge in [0.05, 0.1) is 29.8 Å². The van der Waals surface area contributed by atoms with Gasteiger partial charge in [-0.15, -0.1) is 0 Å². The predicted molar refractivity (Wildman–Crippen MR) is 117 cm³/mol. The first-order chi connectivity index (χ1) is 14.4. The number of rotatable bonds is 5. The first-order valence-corrected chi connectivity index (χ1v) is 9.53. The molecular formula is C22H20ClFN4O2. The van der Waals surface area contributed by atoms with Crippen LogP contribution in [0.5, 0.6) is 11.5 Å². The second-order valence-corrected chi connectivity index (χ2v) is 7.28. The first-order valence-electron chi connectivity index (χ1n) is 9.15. The highest BCUT2D eigenvalue weighted by Crippen LogP contribution is 2.41. The van der Waals surface area contributed by atoms with Gasteiger partial charge in [-0.3, -0.25) is 5.73 Å². The summed E-state index contributed by atoms with van der Waals surface area (Å²) in [4.78, 5) is 4.45. The molecular weight excluding hydrogens is 407 g/mol. The Morgan fingerprint density at radius 3 is 2.70 bits per heavy atom. The van der Waals surface area contributed by atoms with E-state index in [1.807, 2.05) is 0 Å². The largest absolute Gasteiger partial charge is 0.495 e. The van der Waals surface area contributed by atoms with Gasteiger partial charge in [0.2, 0.25) is 0 Å². The molecule has 154 valence electrons. The number of anilines is 2. The van der Waals surface area contributed by atoms with E-state index in [0.29, 0.717) is 38.9 Å². The Hall–Kier alpha value is -3.29. The molecule has 0 bridgehead atoms. The van der Waals surface area contributed by atoms with Crippen molar-refractivity contribution < 1.29 is 13.9 Å². The minimum Gasteiger partial charge on any atom is -0.495 e. The Kier molecular flexibility index (Phi) is 5.24. The number of ether oxygens (including phenoxy) is 2. The summed E-state index contributed by atoms with van der Waals surface area (Å²) in [6, 6.07) is 14.9. The number of benzene rings is 3. The maximum absolute atomic E-state index is 13.3. The smallest absolute Gasteiger partial charge is 0.163 e. The number of nitrogens with two attached hydrogens (primary N) is 2. The van der Waals surface area contributed by atoms with Gasteiger partial charge >= 0.3 is 0 Å². The van der Waals surface area contributed by atoms with E-state index in [4.69, 9.17) is 32.5 Å². The van der Waals surface area contributed by atoms with Crippen LogP contribution in [0.2, 0.25) is 5.02 Å². The van der Waals surface area contributed by atoms with Gasteiger partial charge < -0.3 is 20.5 Å². The van der Waals surface area contributed by atoms with Crippen LogP contribution in [0.3, 0.4) is 0 Å². The Morgan fingerprint density at radius 2 is 1.97 bits per heavy atom. The Balaban J connectivity index is 1.63. The molecule has 3 aromatic rings. The summed E-state index contributed by atoms with van der Waals surface area (Å²) in [7, 11) is 1.55. The van der Waals surface area contributed by atoms with E-state index in [1.54, 1.807) is 49.6 Å². The third kappa shape index (κ3) is 3.65. The summed E-state index contributed by atoms with van der Waals surface area (Å²) in [6.45, 7) is 0.186.